The third kappa shape index (κ3) is 3.51. The van der Waals surface area contributed by atoms with Crippen LogP contribution in [-0.2, 0) is 21.2 Å². The minimum Gasteiger partial charge on any atom is -0.494 e. The normalized spacial score (nSPS) is 13.8. The zero-order valence-corrected chi connectivity index (χ0v) is 14.0. The molecule has 0 atom stereocenters. The number of anilines is 2. The lowest BCUT2D eigenvalue weighted by Gasteiger charge is -2.18. The molecule has 0 bridgehead atoms. The van der Waals surface area contributed by atoms with Crippen LogP contribution in [0.25, 0.3) is 0 Å². The fourth-order valence-electron chi connectivity index (χ4n) is 2.53. The highest BCUT2D eigenvalue weighted by molar-refractivity contribution is 7.92. The van der Waals surface area contributed by atoms with E-state index in [-0.39, 0.29) is 10.8 Å². The fourth-order valence-corrected chi connectivity index (χ4v) is 3.64. The van der Waals surface area contributed by atoms with Crippen molar-refractivity contribution in [1.29, 1.82) is 0 Å². The van der Waals surface area contributed by atoms with Gasteiger partial charge in [-0.25, -0.2) is 8.42 Å². The average molecular weight is 346 g/mol. The van der Waals surface area contributed by atoms with E-state index >= 15 is 0 Å². The number of ether oxygens (including phenoxy) is 1. The number of sulfonamides is 1. The second-order valence-electron chi connectivity index (χ2n) is 5.43. The monoisotopic (exact) mass is 346 g/mol. The van der Waals surface area contributed by atoms with E-state index in [1.807, 2.05) is 6.92 Å². The van der Waals surface area contributed by atoms with Gasteiger partial charge >= 0.3 is 0 Å². The summed E-state index contributed by atoms with van der Waals surface area (Å²) in [7, 11) is -3.69. The highest BCUT2D eigenvalue weighted by Crippen LogP contribution is 2.27. The average Bonchev–Trinajstić information content (AvgIpc) is 2.56. The van der Waals surface area contributed by atoms with Crippen molar-refractivity contribution < 1.29 is 17.9 Å². The van der Waals surface area contributed by atoms with Gasteiger partial charge < -0.3 is 10.1 Å². The van der Waals surface area contributed by atoms with Gasteiger partial charge in [0.15, 0.2) is 0 Å². The number of carbonyl (C=O) groups is 1. The van der Waals surface area contributed by atoms with Crippen LogP contribution in [0.3, 0.4) is 0 Å². The summed E-state index contributed by atoms with van der Waals surface area (Å²) in [5.41, 5.74) is 1.96. The summed E-state index contributed by atoms with van der Waals surface area (Å²) in [6.45, 7) is 2.44. The maximum atomic E-state index is 12.5. The van der Waals surface area contributed by atoms with Gasteiger partial charge in [0.05, 0.1) is 11.5 Å². The Balaban J connectivity index is 1.81. The Labute approximate surface area is 140 Å². The summed E-state index contributed by atoms with van der Waals surface area (Å²) in [4.78, 5) is 11.5. The fraction of sp³-hybridized carbons (Fsp3) is 0.235. The Morgan fingerprint density at radius 3 is 2.58 bits per heavy atom. The number of amides is 1. The standard InChI is InChI=1S/C17H18N2O4S/c1-2-23-14-6-4-13(5-7-14)19-24(21,22)15-8-9-16-12(11-15)3-10-17(20)18-16/h4-9,11,19H,2-3,10H2,1H3,(H,18,20). The number of benzene rings is 2. The number of hydrogen-bond acceptors (Lipinski definition) is 4. The molecule has 126 valence electrons. The van der Waals surface area contributed by atoms with Crippen LogP contribution < -0.4 is 14.8 Å². The Kier molecular flexibility index (Phi) is 4.44. The molecule has 24 heavy (non-hydrogen) atoms. The van der Waals surface area contributed by atoms with Gasteiger partial charge in [-0.2, -0.15) is 0 Å². The van der Waals surface area contributed by atoms with Crippen molar-refractivity contribution in [2.24, 2.45) is 0 Å². The number of hydrogen-bond donors (Lipinski definition) is 2. The van der Waals surface area contributed by atoms with Gasteiger partial charge in [-0.1, -0.05) is 0 Å². The molecule has 0 spiro atoms. The van der Waals surface area contributed by atoms with Gasteiger partial charge in [0, 0.05) is 17.8 Å². The van der Waals surface area contributed by atoms with E-state index in [9.17, 15) is 13.2 Å². The van der Waals surface area contributed by atoms with Crippen molar-refractivity contribution in [2.45, 2.75) is 24.7 Å². The molecule has 1 aliphatic rings. The van der Waals surface area contributed by atoms with Crippen LogP contribution in [0.2, 0.25) is 0 Å². The Morgan fingerprint density at radius 2 is 1.88 bits per heavy atom. The maximum Gasteiger partial charge on any atom is 0.261 e. The lowest BCUT2D eigenvalue weighted by molar-refractivity contribution is -0.116. The van der Waals surface area contributed by atoms with Crippen LogP contribution in [0, 0.1) is 0 Å². The zero-order chi connectivity index (χ0) is 17.2. The first-order chi connectivity index (χ1) is 11.5. The van der Waals surface area contributed by atoms with E-state index in [2.05, 4.69) is 10.0 Å². The van der Waals surface area contributed by atoms with Crippen LogP contribution >= 0.6 is 0 Å². The molecular formula is C17H18N2O4S. The summed E-state index contributed by atoms with van der Waals surface area (Å²) in [5.74, 6) is 0.635. The minimum absolute atomic E-state index is 0.0504. The Hall–Kier alpha value is -2.54. The van der Waals surface area contributed by atoms with E-state index in [1.54, 1.807) is 36.4 Å². The number of carbonyl (C=O) groups excluding carboxylic acids is 1. The van der Waals surface area contributed by atoms with E-state index in [1.165, 1.54) is 6.07 Å². The molecule has 0 unspecified atom stereocenters. The quantitative estimate of drug-likeness (QED) is 0.872. The number of aryl methyl sites for hydroxylation is 1. The first-order valence-corrected chi connectivity index (χ1v) is 9.15. The van der Waals surface area contributed by atoms with Gasteiger partial charge in [-0.15, -0.1) is 0 Å². The second kappa shape index (κ2) is 6.52. The summed E-state index contributed by atoms with van der Waals surface area (Å²) >= 11 is 0. The Bertz CT molecular complexity index is 861. The van der Waals surface area contributed by atoms with Crippen LogP contribution in [0.15, 0.2) is 47.4 Å². The maximum absolute atomic E-state index is 12.5. The molecular weight excluding hydrogens is 328 g/mol. The summed E-state index contributed by atoms with van der Waals surface area (Å²) in [6.07, 6.45) is 0.899. The molecule has 1 aliphatic heterocycles. The van der Waals surface area contributed by atoms with Crippen LogP contribution in [0.4, 0.5) is 11.4 Å². The second-order valence-corrected chi connectivity index (χ2v) is 7.11. The first-order valence-electron chi connectivity index (χ1n) is 7.66. The van der Waals surface area contributed by atoms with Crippen molar-refractivity contribution in [1.82, 2.24) is 0 Å². The molecule has 2 aromatic rings. The van der Waals surface area contributed by atoms with Crippen LogP contribution in [0.5, 0.6) is 5.75 Å². The minimum atomic E-state index is -3.69. The van der Waals surface area contributed by atoms with Gasteiger partial charge in [0.1, 0.15) is 5.75 Å². The predicted molar refractivity (Wildman–Crippen MR) is 91.8 cm³/mol. The zero-order valence-electron chi connectivity index (χ0n) is 13.2. The first kappa shape index (κ1) is 16.3. The van der Waals surface area contributed by atoms with Crippen molar-refractivity contribution in [2.75, 3.05) is 16.6 Å². The topological polar surface area (TPSA) is 84.5 Å². The van der Waals surface area contributed by atoms with Gasteiger partial charge in [-0.05, 0) is 61.4 Å². The number of fused-ring (bicyclic) bond motifs is 1. The molecule has 0 saturated carbocycles. The van der Waals surface area contributed by atoms with E-state index in [0.29, 0.717) is 36.6 Å². The molecule has 1 amide bonds. The lowest BCUT2D eigenvalue weighted by atomic mass is 10.0. The molecule has 0 saturated heterocycles. The molecule has 2 aromatic carbocycles. The summed E-state index contributed by atoms with van der Waals surface area (Å²) in [6, 6.07) is 11.4. The molecule has 1 heterocycles. The summed E-state index contributed by atoms with van der Waals surface area (Å²) < 4.78 is 32.9. The molecule has 2 N–H and O–H groups in total. The SMILES string of the molecule is CCOc1ccc(NS(=O)(=O)c2ccc3c(c2)CCC(=O)N3)cc1. The smallest absolute Gasteiger partial charge is 0.261 e. The van der Waals surface area contributed by atoms with E-state index in [4.69, 9.17) is 4.74 Å². The van der Waals surface area contributed by atoms with E-state index in [0.717, 1.165) is 5.56 Å². The molecule has 6 nitrogen and oxygen atoms in total. The molecule has 0 aromatic heterocycles. The predicted octanol–water partition coefficient (Wildman–Crippen LogP) is 2.77. The van der Waals surface area contributed by atoms with E-state index < -0.39 is 10.0 Å². The highest BCUT2D eigenvalue weighted by Gasteiger charge is 2.20. The summed E-state index contributed by atoms with van der Waals surface area (Å²) in [5, 5.41) is 2.74. The van der Waals surface area contributed by atoms with Crippen LogP contribution in [0.1, 0.15) is 18.9 Å². The van der Waals surface area contributed by atoms with Gasteiger partial charge in [-0.3, -0.25) is 9.52 Å². The third-order valence-corrected chi connectivity index (χ3v) is 5.08. The third-order valence-electron chi connectivity index (χ3n) is 3.70. The largest absolute Gasteiger partial charge is 0.494 e. The van der Waals surface area contributed by atoms with Crippen LogP contribution in [-0.4, -0.2) is 20.9 Å². The number of rotatable bonds is 5. The van der Waals surface area contributed by atoms with Crippen molar-refractivity contribution >= 4 is 27.3 Å². The van der Waals surface area contributed by atoms with Gasteiger partial charge in [0.25, 0.3) is 10.0 Å². The highest BCUT2D eigenvalue weighted by atomic mass is 32.2. The molecule has 0 aliphatic carbocycles. The molecule has 0 fully saturated rings. The number of nitrogens with one attached hydrogen (secondary N) is 2. The molecule has 0 radical (unpaired) electrons. The van der Waals surface area contributed by atoms with Crippen molar-refractivity contribution in [3.05, 3.63) is 48.0 Å². The van der Waals surface area contributed by atoms with Gasteiger partial charge in [0.2, 0.25) is 5.91 Å². The Morgan fingerprint density at radius 1 is 1.12 bits per heavy atom. The molecule has 7 heteroatoms. The molecule has 3 rings (SSSR count). The van der Waals surface area contributed by atoms with Crippen molar-refractivity contribution in [3.63, 3.8) is 0 Å². The van der Waals surface area contributed by atoms with Crippen molar-refractivity contribution in [3.8, 4) is 5.75 Å². The lowest BCUT2D eigenvalue weighted by Crippen LogP contribution is -2.20.